The van der Waals surface area contributed by atoms with Gasteiger partial charge in [0.15, 0.2) is 0 Å². The largest absolute Gasteiger partial charge is 0.478 e. The van der Waals surface area contributed by atoms with Crippen LogP contribution >= 0.6 is 0 Å². The Morgan fingerprint density at radius 3 is 2.11 bits per heavy atom. The molecule has 3 atom stereocenters. The lowest BCUT2D eigenvalue weighted by Crippen LogP contribution is -2.59. The van der Waals surface area contributed by atoms with Gasteiger partial charge in [0.25, 0.3) is 5.91 Å². The summed E-state index contributed by atoms with van der Waals surface area (Å²) in [5, 5.41) is 19.6. The highest BCUT2D eigenvalue weighted by molar-refractivity contribution is 6.05. The molecule has 0 bridgehead atoms. The molecule has 0 radical (unpaired) electrons. The summed E-state index contributed by atoms with van der Waals surface area (Å²) < 4.78 is 0. The molecule has 0 spiro atoms. The molecule has 1 fully saturated rings. The Balaban J connectivity index is 2.13. The fourth-order valence-corrected chi connectivity index (χ4v) is 5.42. The van der Waals surface area contributed by atoms with Crippen molar-refractivity contribution in [2.45, 2.75) is 90.3 Å². The number of nitrogens with one attached hydrogen (secondary N) is 4. The minimum Gasteiger partial charge on any atom is -0.478 e. The van der Waals surface area contributed by atoms with E-state index in [0.717, 1.165) is 32.1 Å². The topological polar surface area (TPSA) is 217 Å². The Morgan fingerprint density at radius 2 is 1.53 bits per heavy atom. The number of hydrogen-bond donors (Lipinski definition) is 6. The number of amides is 6. The molecule has 1 aliphatic rings. The van der Waals surface area contributed by atoms with Crippen LogP contribution in [0.15, 0.2) is 24.3 Å². The highest BCUT2D eigenvalue weighted by Gasteiger charge is 2.36. The molecule has 0 saturated heterocycles. The van der Waals surface area contributed by atoms with Gasteiger partial charge in [0.2, 0.25) is 29.5 Å². The maximum absolute atomic E-state index is 13.7. The first-order valence-electron chi connectivity index (χ1n) is 15.5. The SMILES string of the molecule is CCCC(NC(=O)CNC(=O)c1ccccc1C(=O)O)C(=O)N(CCC)C(C)C(=O)NC(C(=O)NCC(N)=O)C1CCCCC1. The molecule has 248 valence electrons. The molecule has 14 heteroatoms. The third kappa shape index (κ3) is 11.2. The summed E-state index contributed by atoms with van der Waals surface area (Å²) in [7, 11) is 0. The Hall–Kier alpha value is -4.49. The lowest BCUT2D eigenvalue weighted by molar-refractivity contribution is -0.144. The lowest BCUT2D eigenvalue weighted by atomic mass is 9.83. The van der Waals surface area contributed by atoms with Gasteiger partial charge in [-0.25, -0.2) is 4.79 Å². The Morgan fingerprint density at radius 1 is 0.889 bits per heavy atom. The number of carboxylic acid groups (broad SMARTS) is 1. The number of carbonyl (C=O) groups excluding carboxylic acids is 6. The Kier molecular flexibility index (Phi) is 15.0. The van der Waals surface area contributed by atoms with E-state index in [4.69, 9.17) is 5.73 Å². The van der Waals surface area contributed by atoms with Crippen molar-refractivity contribution < 1.29 is 38.7 Å². The van der Waals surface area contributed by atoms with Crippen molar-refractivity contribution in [1.82, 2.24) is 26.2 Å². The van der Waals surface area contributed by atoms with E-state index in [1.807, 2.05) is 13.8 Å². The molecule has 3 unspecified atom stereocenters. The molecule has 0 aromatic heterocycles. The zero-order valence-electron chi connectivity index (χ0n) is 26.2. The first-order chi connectivity index (χ1) is 21.4. The molecule has 2 rings (SSSR count). The summed E-state index contributed by atoms with van der Waals surface area (Å²) in [6.07, 6.45) is 5.59. The molecular weight excluding hydrogens is 584 g/mol. The summed E-state index contributed by atoms with van der Waals surface area (Å²) in [5.74, 6) is -5.12. The van der Waals surface area contributed by atoms with Crippen LogP contribution < -0.4 is 27.0 Å². The smallest absolute Gasteiger partial charge is 0.336 e. The maximum Gasteiger partial charge on any atom is 0.336 e. The van der Waals surface area contributed by atoms with E-state index in [1.165, 1.54) is 29.2 Å². The van der Waals surface area contributed by atoms with E-state index in [9.17, 15) is 38.7 Å². The van der Waals surface area contributed by atoms with Crippen molar-refractivity contribution in [3.63, 3.8) is 0 Å². The van der Waals surface area contributed by atoms with Gasteiger partial charge in [0, 0.05) is 6.54 Å². The summed E-state index contributed by atoms with van der Waals surface area (Å²) in [5.41, 5.74) is 4.86. The van der Waals surface area contributed by atoms with E-state index < -0.39 is 66.1 Å². The maximum atomic E-state index is 13.7. The number of aromatic carboxylic acids is 1. The van der Waals surface area contributed by atoms with Crippen LogP contribution in [0.3, 0.4) is 0 Å². The molecule has 14 nitrogen and oxygen atoms in total. The standard InChI is InChI=1S/C31H46N6O8/c1-4-11-23(35-25(39)18-34-28(41)21-14-9-10-15-22(21)31(44)45)30(43)37(16-5-2)19(3)27(40)36-26(20-12-7-6-8-13-20)29(42)33-17-24(32)38/h9-10,14-15,19-20,23,26H,4-8,11-13,16-18H2,1-3H3,(H2,32,38)(H,33,42)(H,34,41)(H,35,39)(H,36,40)(H,44,45). The van der Waals surface area contributed by atoms with E-state index in [1.54, 1.807) is 6.92 Å². The average Bonchev–Trinajstić information content (AvgIpc) is 3.03. The number of hydrogen-bond acceptors (Lipinski definition) is 7. The van der Waals surface area contributed by atoms with Crippen molar-refractivity contribution >= 4 is 41.4 Å². The molecule has 1 aliphatic carbocycles. The van der Waals surface area contributed by atoms with E-state index in [2.05, 4.69) is 21.3 Å². The lowest BCUT2D eigenvalue weighted by Gasteiger charge is -2.34. The van der Waals surface area contributed by atoms with Crippen molar-refractivity contribution in [2.75, 3.05) is 19.6 Å². The molecule has 1 aromatic carbocycles. The predicted molar refractivity (Wildman–Crippen MR) is 165 cm³/mol. The average molecular weight is 631 g/mol. The Labute approximate surface area is 263 Å². The molecule has 0 aliphatic heterocycles. The van der Waals surface area contributed by atoms with E-state index in [0.29, 0.717) is 12.8 Å². The fourth-order valence-electron chi connectivity index (χ4n) is 5.42. The predicted octanol–water partition coefficient (Wildman–Crippen LogP) is 0.693. The van der Waals surface area contributed by atoms with Crippen LogP contribution in [0.5, 0.6) is 0 Å². The fraction of sp³-hybridized carbons (Fsp3) is 0.581. The first-order valence-corrected chi connectivity index (χ1v) is 15.5. The molecule has 7 N–H and O–H groups in total. The second kappa shape index (κ2) is 18.3. The van der Waals surface area contributed by atoms with Gasteiger partial charge in [-0.3, -0.25) is 28.8 Å². The van der Waals surface area contributed by atoms with Crippen molar-refractivity contribution in [1.29, 1.82) is 0 Å². The number of primary amides is 1. The second-order valence-electron chi connectivity index (χ2n) is 11.2. The Bertz CT molecular complexity index is 1230. The monoisotopic (exact) mass is 630 g/mol. The molecule has 6 amide bonds. The summed E-state index contributed by atoms with van der Waals surface area (Å²) in [4.78, 5) is 89.6. The number of benzene rings is 1. The van der Waals surface area contributed by atoms with Crippen molar-refractivity contribution in [2.24, 2.45) is 11.7 Å². The van der Waals surface area contributed by atoms with Crippen LogP contribution in [-0.4, -0.2) is 89.2 Å². The van der Waals surface area contributed by atoms with Crippen LogP contribution in [0.25, 0.3) is 0 Å². The van der Waals surface area contributed by atoms with Crippen molar-refractivity contribution in [3.8, 4) is 0 Å². The van der Waals surface area contributed by atoms with Gasteiger partial charge < -0.3 is 37.0 Å². The highest BCUT2D eigenvalue weighted by Crippen LogP contribution is 2.27. The number of carbonyl (C=O) groups is 7. The number of nitrogens with two attached hydrogens (primary N) is 1. The van der Waals surface area contributed by atoms with Gasteiger partial charge >= 0.3 is 5.97 Å². The van der Waals surface area contributed by atoms with Crippen LogP contribution in [0.4, 0.5) is 0 Å². The van der Waals surface area contributed by atoms with E-state index >= 15 is 0 Å². The zero-order chi connectivity index (χ0) is 33.5. The zero-order valence-corrected chi connectivity index (χ0v) is 26.2. The van der Waals surface area contributed by atoms with Crippen LogP contribution in [0.2, 0.25) is 0 Å². The van der Waals surface area contributed by atoms with Crippen LogP contribution in [-0.2, 0) is 24.0 Å². The van der Waals surface area contributed by atoms with Gasteiger partial charge in [-0.2, -0.15) is 0 Å². The van der Waals surface area contributed by atoms with Gasteiger partial charge in [-0.05, 0) is 50.7 Å². The summed E-state index contributed by atoms with van der Waals surface area (Å²) in [6.45, 7) is 4.55. The normalized spacial score (nSPS) is 15.1. The molecule has 45 heavy (non-hydrogen) atoms. The quantitative estimate of drug-likeness (QED) is 0.144. The third-order valence-electron chi connectivity index (χ3n) is 7.76. The number of rotatable bonds is 17. The summed E-state index contributed by atoms with van der Waals surface area (Å²) >= 11 is 0. The van der Waals surface area contributed by atoms with Gasteiger partial charge in [0.05, 0.1) is 24.2 Å². The van der Waals surface area contributed by atoms with Gasteiger partial charge in [0.1, 0.15) is 18.1 Å². The molecule has 0 heterocycles. The first kappa shape index (κ1) is 36.7. The van der Waals surface area contributed by atoms with Crippen molar-refractivity contribution in [3.05, 3.63) is 35.4 Å². The third-order valence-corrected chi connectivity index (χ3v) is 7.76. The minimum absolute atomic E-state index is 0.109. The van der Waals surface area contributed by atoms with Crippen LogP contribution in [0, 0.1) is 5.92 Å². The molecule has 1 saturated carbocycles. The van der Waals surface area contributed by atoms with Gasteiger partial charge in [-0.1, -0.05) is 51.7 Å². The molecular formula is C31H46N6O8. The summed E-state index contributed by atoms with van der Waals surface area (Å²) in [6, 6.07) is 2.69. The van der Waals surface area contributed by atoms with Gasteiger partial charge in [-0.15, -0.1) is 0 Å². The van der Waals surface area contributed by atoms with E-state index in [-0.39, 0.29) is 36.6 Å². The minimum atomic E-state index is -1.29. The number of nitrogens with zero attached hydrogens (tertiary/aromatic N) is 1. The number of carboxylic acids is 1. The second-order valence-corrected chi connectivity index (χ2v) is 11.2. The molecule has 1 aromatic rings. The van der Waals surface area contributed by atoms with Crippen LogP contribution in [0.1, 0.15) is 92.9 Å². The highest BCUT2D eigenvalue weighted by atomic mass is 16.4.